The summed E-state index contributed by atoms with van der Waals surface area (Å²) in [6.07, 6.45) is 1.02. The first-order valence-corrected chi connectivity index (χ1v) is 15.8. The van der Waals surface area contributed by atoms with Gasteiger partial charge in [-0.15, -0.1) is 0 Å². The Morgan fingerprint density at radius 1 is 1.17 bits per heavy atom. The zero-order chi connectivity index (χ0) is 30.5. The number of halogens is 2. The summed E-state index contributed by atoms with van der Waals surface area (Å²) in [7, 11) is -4.25. The maximum absolute atomic E-state index is 14.9. The van der Waals surface area contributed by atoms with Crippen LogP contribution in [0.4, 0.5) is 8.78 Å². The Morgan fingerprint density at radius 3 is 2.37 bits per heavy atom. The Kier molecular flexibility index (Phi) is 6.74. The van der Waals surface area contributed by atoms with Crippen LogP contribution in [0.1, 0.15) is 95.4 Å². The van der Waals surface area contributed by atoms with E-state index in [0.717, 1.165) is 12.0 Å². The summed E-state index contributed by atoms with van der Waals surface area (Å²) in [6.45, 7) is 12.4. The number of aromatic nitrogens is 1. The molecule has 3 unspecified atom stereocenters. The van der Waals surface area contributed by atoms with Gasteiger partial charge in [-0.1, -0.05) is 6.08 Å². The number of nitrogens with one attached hydrogen (secondary N) is 2. The number of hydrogen-bond acceptors (Lipinski definition) is 4. The van der Waals surface area contributed by atoms with Crippen molar-refractivity contribution in [3.8, 4) is 0 Å². The summed E-state index contributed by atoms with van der Waals surface area (Å²) in [5.74, 6) is -1.26. The molecule has 41 heavy (non-hydrogen) atoms. The molecule has 8 nitrogen and oxygen atoms in total. The summed E-state index contributed by atoms with van der Waals surface area (Å²) in [5, 5.41) is 12.4. The fourth-order valence-corrected chi connectivity index (χ4v) is 9.81. The molecule has 1 saturated carbocycles. The molecule has 0 aromatic carbocycles. The Morgan fingerprint density at radius 2 is 1.80 bits per heavy atom. The van der Waals surface area contributed by atoms with Crippen molar-refractivity contribution in [2.75, 3.05) is 0 Å². The van der Waals surface area contributed by atoms with E-state index in [-0.39, 0.29) is 17.9 Å². The Balaban J connectivity index is 1.61. The van der Waals surface area contributed by atoms with Crippen molar-refractivity contribution in [2.24, 2.45) is 11.3 Å². The monoisotopic (exact) mass is 593 g/mol. The summed E-state index contributed by atoms with van der Waals surface area (Å²) >= 11 is 0. The van der Waals surface area contributed by atoms with E-state index in [4.69, 9.17) is 0 Å². The minimum Gasteiger partial charge on any atom is -0.481 e. The molecule has 0 saturated heterocycles. The second-order valence-corrected chi connectivity index (χ2v) is 16.1. The summed E-state index contributed by atoms with van der Waals surface area (Å²) in [4.78, 5) is 24.9. The van der Waals surface area contributed by atoms with E-state index in [0.29, 0.717) is 54.8 Å². The summed E-state index contributed by atoms with van der Waals surface area (Å²) < 4.78 is 60.5. The van der Waals surface area contributed by atoms with Crippen molar-refractivity contribution in [1.82, 2.24) is 14.6 Å². The highest BCUT2D eigenvalue weighted by atomic mass is 32.2. The molecule has 1 aromatic rings. The van der Waals surface area contributed by atoms with Gasteiger partial charge in [-0.3, -0.25) is 9.59 Å². The van der Waals surface area contributed by atoms with Crippen LogP contribution in [0.25, 0.3) is 0 Å². The van der Waals surface area contributed by atoms with Gasteiger partial charge in [-0.25, -0.2) is 21.9 Å². The molecule has 4 aliphatic rings. The third-order valence-electron chi connectivity index (χ3n) is 9.85. The van der Waals surface area contributed by atoms with Crippen molar-refractivity contribution in [1.29, 1.82) is 0 Å². The van der Waals surface area contributed by atoms with Gasteiger partial charge in [0.25, 0.3) is 12.3 Å². The molecule has 0 radical (unpaired) electrons. The molecule has 1 aromatic heterocycles. The number of sulfonamides is 1. The van der Waals surface area contributed by atoms with Crippen molar-refractivity contribution in [3.05, 3.63) is 45.8 Å². The minimum absolute atomic E-state index is 0.0548. The van der Waals surface area contributed by atoms with Crippen LogP contribution in [0, 0.1) is 18.3 Å². The number of hydrogen-bond donors (Lipinski definition) is 3. The molecule has 1 fully saturated rings. The van der Waals surface area contributed by atoms with Crippen LogP contribution >= 0.6 is 0 Å². The number of carboxylic acids is 1. The lowest BCUT2D eigenvalue weighted by Crippen LogP contribution is -2.57. The van der Waals surface area contributed by atoms with Gasteiger partial charge in [0.1, 0.15) is 4.75 Å². The fourth-order valence-electron chi connectivity index (χ4n) is 7.80. The molecule has 11 heteroatoms. The number of carboxylic acid groups (broad SMARTS) is 1. The summed E-state index contributed by atoms with van der Waals surface area (Å²) in [5.41, 5.74) is 0.106. The molecule has 3 aliphatic carbocycles. The Bertz CT molecular complexity index is 1500. The maximum atomic E-state index is 14.9. The average Bonchev–Trinajstić information content (AvgIpc) is 3.15. The molecular formula is C30H41F2N3O5S. The number of carbonyl (C=O) groups is 2. The van der Waals surface area contributed by atoms with Crippen molar-refractivity contribution < 1.29 is 31.9 Å². The SMILES string of the molecule is Cc1c(C(=O)NC2CC(C)(C(=O)O)C2)cc2n1CC1CCCC3=C1C2(C)C=C(C(F)F)C3(C)S(=O)(=O)NC(C)(C)C. The van der Waals surface area contributed by atoms with E-state index >= 15 is 0 Å². The number of aliphatic carboxylic acids is 1. The molecule has 3 N–H and O–H groups in total. The second kappa shape index (κ2) is 9.23. The smallest absolute Gasteiger partial charge is 0.309 e. The molecule has 1 amide bonds. The van der Waals surface area contributed by atoms with Gasteiger partial charge in [0.2, 0.25) is 10.0 Å². The maximum Gasteiger partial charge on any atom is 0.309 e. The lowest BCUT2D eigenvalue weighted by atomic mass is 9.59. The first kappa shape index (κ1) is 29.9. The third kappa shape index (κ3) is 4.40. The standard InChI is InChI=1S/C30H41F2N3O5S/c1-16-19(25(36)33-18-12-28(5,13-18)26(37)38)11-22-29(6)14-21(24(31)32)30(7,41(39,40)34-27(2,3)4)20-10-8-9-17(23(20)29)15-35(16)22/h11,14,17-18,24,34H,8-10,12-13,15H2,1-7H3,(H,33,36)(H,37,38). The lowest BCUT2D eigenvalue weighted by molar-refractivity contribution is -0.154. The van der Waals surface area contributed by atoms with Gasteiger partial charge >= 0.3 is 5.97 Å². The van der Waals surface area contributed by atoms with Crippen LogP contribution < -0.4 is 10.0 Å². The number of allylic oxidation sites excluding steroid dienone is 2. The first-order valence-electron chi connectivity index (χ1n) is 14.3. The zero-order valence-electron chi connectivity index (χ0n) is 24.8. The average molecular weight is 594 g/mol. The topological polar surface area (TPSA) is 118 Å². The lowest BCUT2D eigenvalue weighted by Gasteiger charge is -2.52. The largest absolute Gasteiger partial charge is 0.481 e. The molecule has 3 atom stereocenters. The highest BCUT2D eigenvalue weighted by Gasteiger charge is 2.59. The number of amides is 1. The third-order valence-corrected chi connectivity index (χ3v) is 12.3. The van der Waals surface area contributed by atoms with E-state index < -0.39 is 49.1 Å². The van der Waals surface area contributed by atoms with Gasteiger partial charge in [-0.2, -0.15) is 0 Å². The highest BCUT2D eigenvalue weighted by Crippen LogP contribution is 2.58. The van der Waals surface area contributed by atoms with Crippen LogP contribution in [0.2, 0.25) is 0 Å². The van der Waals surface area contributed by atoms with Crippen LogP contribution in [0.15, 0.2) is 28.9 Å². The quantitative estimate of drug-likeness (QED) is 0.409. The van der Waals surface area contributed by atoms with E-state index in [1.165, 1.54) is 13.0 Å². The van der Waals surface area contributed by atoms with Gasteiger partial charge in [0, 0.05) is 40.5 Å². The first-order chi connectivity index (χ1) is 18.7. The van der Waals surface area contributed by atoms with Gasteiger partial charge in [0.05, 0.1) is 11.0 Å². The van der Waals surface area contributed by atoms with Gasteiger partial charge in [0.15, 0.2) is 0 Å². The van der Waals surface area contributed by atoms with Gasteiger partial charge < -0.3 is 15.0 Å². The molecule has 5 rings (SSSR count). The molecule has 0 bridgehead atoms. The van der Waals surface area contributed by atoms with Crippen molar-refractivity contribution in [2.45, 2.75) is 115 Å². The Labute approximate surface area is 240 Å². The number of rotatable bonds is 6. The van der Waals surface area contributed by atoms with Crippen LogP contribution in [0.5, 0.6) is 0 Å². The van der Waals surface area contributed by atoms with Gasteiger partial charge in [-0.05, 0) is 104 Å². The number of nitrogens with zero attached hydrogens (tertiary/aromatic N) is 1. The predicted octanol–water partition coefficient (Wildman–Crippen LogP) is 4.83. The fraction of sp³-hybridized carbons (Fsp3) is 0.667. The molecule has 0 spiro atoms. The second-order valence-electron chi connectivity index (χ2n) is 14.1. The molecule has 226 valence electrons. The predicted molar refractivity (Wildman–Crippen MR) is 151 cm³/mol. The van der Waals surface area contributed by atoms with Crippen LogP contribution in [-0.2, 0) is 26.8 Å². The van der Waals surface area contributed by atoms with Crippen molar-refractivity contribution in [3.63, 3.8) is 0 Å². The molecular weight excluding hydrogens is 552 g/mol. The number of fused-ring (bicyclic) bond motifs is 2. The highest BCUT2D eigenvalue weighted by molar-refractivity contribution is 7.91. The number of carbonyl (C=O) groups excluding carboxylic acids is 1. The van der Waals surface area contributed by atoms with E-state index in [1.807, 2.05) is 18.4 Å². The van der Waals surface area contributed by atoms with Crippen molar-refractivity contribution >= 4 is 21.9 Å². The summed E-state index contributed by atoms with van der Waals surface area (Å²) in [6, 6.07) is 1.49. The van der Waals surface area contributed by atoms with Crippen LogP contribution in [-0.4, -0.2) is 52.7 Å². The van der Waals surface area contributed by atoms with Crippen LogP contribution in [0.3, 0.4) is 0 Å². The molecule has 1 aliphatic heterocycles. The number of alkyl halides is 2. The zero-order valence-corrected chi connectivity index (χ0v) is 25.6. The Hall–Kier alpha value is -2.53. The minimum atomic E-state index is -4.25. The molecule has 2 heterocycles. The van der Waals surface area contributed by atoms with E-state index in [2.05, 4.69) is 10.0 Å². The normalized spacial score (nSPS) is 33.1. The van der Waals surface area contributed by atoms with E-state index in [9.17, 15) is 31.9 Å². The van der Waals surface area contributed by atoms with E-state index in [1.54, 1.807) is 33.8 Å².